The molecule has 1 amide bonds. The Balaban J connectivity index is 1.60. The zero-order chi connectivity index (χ0) is 19.0. The minimum atomic E-state index is -0.305. The molecule has 136 valence electrons. The van der Waals surface area contributed by atoms with Crippen molar-refractivity contribution in [2.75, 3.05) is 5.32 Å². The number of aromatic nitrogens is 3. The molecule has 0 unspecified atom stereocenters. The lowest BCUT2D eigenvalue weighted by atomic mass is 10.1. The summed E-state index contributed by atoms with van der Waals surface area (Å²) in [6, 6.07) is 14.1. The van der Waals surface area contributed by atoms with E-state index in [-0.39, 0.29) is 18.1 Å². The van der Waals surface area contributed by atoms with Crippen LogP contribution in [0, 0.1) is 19.7 Å². The molecule has 0 saturated carbocycles. The van der Waals surface area contributed by atoms with Crippen LogP contribution in [0.4, 0.5) is 10.2 Å². The number of halogens is 1. The molecule has 0 aliphatic carbocycles. The fraction of sp³-hybridized carbons (Fsp3) is 0.150. The van der Waals surface area contributed by atoms with Crippen molar-refractivity contribution in [3.8, 4) is 5.13 Å². The van der Waals surface area contributed by atoms with E-state index in [1.54, 1.807) is 16.8 Å². The van der Waals surface area contributed by atoms with Crippen LogP contribution < -0.4 is 5.32 Å². The molecule has 0 saturated heterocycles. The molecule has 0 aliphatic rings. The first-order valence-electron chi connectivity index (χ1n) is 8.46. The number of carbonyl (C=O) groups excluding carboxylic acids is 1. The summed E-state index contributed by atoms with van der Waals surface area (Å²) in [6.45, 7) is 3.86. The molecule has 0 fully saturated rings. The molecular weight excluding hydrogens is 363 g/mol. The average molecular weight is 380 g/mol. The molecule has 0 radical (unpaired) electrons. The topological polar surface area (TPSA) is 59.8 Å². The Kier molecular flexibility index (Phi) is 4.45. The summed E-state index contributed by atoms with van der Waals surface area (Å²) in [4.78, 5) is 17.0. The smallest absolute Gasteiger partial charge is 0.229 e. The van der Waals surface area contributed by atoms with Crippen LogP contribution in [-0.4, -0.2) is 20.7 Å². The Morgan fingerprint density at radius 1 is 1.15 bits per heavy atom. The number of nitrogens with one attached hydrogen (secondary N) is 1. The maximum absolute atomic E-state index is 13.4. The number of aryl methyl sites for hydroxylation is 2. The Bertz CT molecular complexity index is 1130. The fourth-order valence-electron chi connectivity index (χ4n) is 2.79. The second kappa shape index (κ2) is 6.92. The first-order chi connectivity index (χ1) is 13.0. The van der Waals surface area contributed by atoms with Crippen molar-refractivity contribution < 1.29 is 9.18 Å². The van der Waals surface area contributed by atoms with E-state index in [4.69, 9.17) is 0 Å². The van der Waals surface area contributed by atoms with E-state index >= 15 is 0 Å². The summed E-state index contributed by atoms with van der Waals surface area (Å²) in [7, 11) is 0. The van der Waals surface area contributed by atoms with E-state index in [0.29, 0.717) is 16.5 Å². The van der Waals surface area contributed by atoms with Gasteiger partial charge in [-0.2, -0.15) is 9.78 Å². The molecule has 4 aromatic rings. The van der Waals surface area contributed by atoms with Gasteiger partial charge in [0.2, 0.25) is 11.0 Å². The largest absolute Gasteiger partial charge is 0.310 e. The number of anilines is 1. The summed E-state index contributed by atoms with van der Waals surface area (Å²) in [5.41, 5.74) is 3.55. The molecule has 1 N–H and O–H groups in total. The van der Waals surface area contributed by atoms with E-state index in [0.717, 1.165) is 21.5 Å². The number of hydrogen-bond donors (Lipinski definition) is 1. The summed E-state index contributed by atoms with van der Waals surface area (Å²) in [6.07, 6.45) is 0.273. The molecule has 2 heterocycles. The number of fused-ring (bicyclic) bond motifs is 1. The Morgan fingerprint density at radius 2 is 1.93 bits per heavy atom. The van der Waals surface area contributed by atoms with Gasteiger partial charge in [-0.05, 0) is 37.6 Å². The van der Waals surface area contributed by atoms with Crippen molar-refractivity contribution in [3.05, 3.63) is 71.2 Å². The molecule has 27 heavy (non-hydrogen) atoms. The average Bonchev–Trinajstić information content (AvgIpc) is 3.19. The third kappa shape index (κ3) is 3.73. The second-order valence-electron chi connectivity index (χ2n) is 6.40. The van der Waals surface area contributed by atoms with Crippen molar-refractivity contribution in [1.29, 1.82) is 0 Å². The summed E-state index contributed by atoms with van der Waals surface area (Å²) < 4.78 is 15.8. The quantitative estimate of drug-likeness (QED) is 0.570. The van der Waals surface area contributed by atoms with Crippen molar-refractivity contribution in [2.45, 2.75) is 20.3 Å². The van der Waals surface area contributed by atoms with E-state index < -0.39 is 0 Å². The Hall–Kier alpha value is -3.06. The van der Waals surface area contributed by atoms with Gasteiger partial charge < -0.3 is 5.32 Å². The van der Waals surface area contributed by atoms with E-state index in [1.165, 1.54) is 23.5 Å². The van der Waals surface area contributed by atoms with Crippen molar-refractivity contribution >= 4 is 33.3 Å². The Morgan fingerprint density at radius 3 is 2.70 bits per heavy atom. The maximum atomic E-state index is 13.4. The highest BCUT2D eigenvalue weighted by atomic mass is 32.1. The summed E-state index contributed by atoms with van der Waals surface area (Å²) >= 11 is 1.32. The standard InChI is InChI=1S/C20H17FN4OS/c1-12-3-5-14(6-4-12)10-19(26)23-18-9-13(2)24-25(18)20-22-16-8-7-15(21)11-17(16)27-20/h3-9,11H,10H2,1-2H3,(H,23,26). The van der Waals surface area contributed by atoms with Crippen molar-refractivity contribution in [1.82, 2.24) is 14.8 Å². The van der Waals surface area contributed by atoms with Crippen LogP contribution in [0.1, 0.15) is 16.8 Å². The highest BCUT2D eigenvalue weighted by Crippen LogP contribution is 2.27. The van der Waals surface area contributed by atoms with Gasteiger partial charge in [0.15, 0.2) is 0 Å². The molecule has 0 atom stereocenters. The molecular formula is C20H17FN4OS. The fourth-order valence-corrected chi connectivity index (χ4v) is 3.75. The summed E-state index contributed by atoms with van der Waals surface area (Å²) in [5.74, 6) is 0.109. The van der Waals surface area contributed by atoms with E-state index in [2.05, 4.69) is 15.4 Å². The van der Waals surface area contributed by atoms with Crippen LogP contribution in [0.15, 0.2) is 48.5 Å². The predicted molar refractivity (Wildman–Crippen MR) is 105 cm³/mol. The van der Waals surface area contributed by atoms with Crippen LogP contribution in [-0.2, 0) is 11.2 Å². The number of carbonyl (C=O) groups is 1. The van der Waals surface area contributed by atoms with Crippen LogP contribution in [0.2, 0.25) is 0 Å². The van der Waals surface area contributed by atoms with Crippen molar-refractivity contribution in [3.63, 3.8) is 0 Å². The lowest BCUT2D eigenvalue weighted by molar-refractivity contribution is -0.115. The first kappa shape index (κ1) is 17.4. The second-order valence-corrected chi connectivity index (χ2v) is 7.41. The van der Waals surface area contributed by atoms with Gasteiger partial charge in [0.25, 0.3) is 0 Å². The third-order valence-corrected chi connectivity index (χ3v) is 5.10. The van der Waals surface area contributed by atoms with Crippen molar-refractivity contribution in [2.24, 2.45) is 0 Å². The number of hydrogen-bond acceptors (Lipinski definition) is 4. The number of thiazole rings is 1. The van der Waals surface area contributed by atoms with Gasteiger partial charge in [-0.1, -0.05) is 41.2 Å². The van der Waals surface area contributed by atoms with Crippen LogP contribution in [0.5, 0.6) is 0 Å². The van der Waals surface area contributed by atoms with E-state index in [9.17, 15) is 9.18 Å². The van der Waals surface area contributed by atoms with Gasteiger partial charge in [-0.15, -0.1) is 0 Å². The normalized spacial score (nSPS) is 11.1. The number of amides is 1. The molecule has 0 aliphatic heterocycles. The van der Waals surface area contributed by atoms with Gasteiger partial charge in [0.05, 0.1) is 22.3 Å². The van der Waals surface area contributed by atoms with Gasteiger partial charge >= 0.3 is 0 Å². The van der Waals surface area contributed by atoms with E-state index in [1.807, 2.05) is 38.1 Å². The monoisotopic (exact) mass is 380 g/mol. The number of nitrogens with zero attached hydrogens (tertiary/aromatic N) is 3. The van der Waals surface area contributed by atoms with Gasteiger partial charge in [0, 0.05) is 6.07 Å². The molecule has 2 aromatic carbocycles. The minimum Gasteiger partial charge on any atom is -0.310 e. The molecule has 0 spiro atoms. The lowest BCUT2D eigenvalue weighted by Crippen LogP contribution is -2.17. The van der Waals surface area contributed by atoms with Gasteiger partial charge in [0.1, 0.15) is 11.6 Å². The van der Waals surface area contributed by atoms with Gasteiger partial charge in [-0.25, -0.2) is 9.37 Å². The van der Waals surface area contributed by atoms with Gasteiger partial charge in [-0.3, -0.25) is 4.79 Å². The predicted octanol–water partition coefficient (Wildman–Crippen LogP) is 4.42. The molecule has 0 bridgehead atoms. The maximum Gasteiger partial charge on any atom is 0.229 e. The highest BCUT2D eigenvalue weighted by molar-refractivity contribution is 7.20. The zero-order valence-electron chi connectivity index (χ0n) is 14.9. The zero-order valence-corrected chi connectivity index (χ0v) is 15.7. The number of rotatable bonds is 4. The van der Waals surface area contributed by atoms with Crippen LogP contribution in [0.3, 0.4) is 0 Å². The minimum absolute atomic E-state index is 0.132. The SMILES string of the molecule is Cc1ccc(CC(=O)Nc2cc(C)nn2-c2nc3ccc(F)cc3s2)cc1. The molecule has 5 nitrogen and oxygen atoms in total. The lowest BCUT2D eigenvalue weighted by Gasteiger charge is -2.07. The first-order valence-corrected chi connectivity index (χ1v) is 9.28. The van der Waals surface area contributed by atoms with Crippen LogP contribution >= 0.6 is 11.3 Å². The third-order valence-electron chi connectivity index (χ3n) is 4.10. The number of benzene rings is 2. The molecule has 2 aromatic heterocycles. The molecule has 4 rings (SSSR count). The molecule has 7 heteroatoms. The highest BCUT2D eigenvalue weighted by Gasteiger charge is 2.15. The van der Waals surface area contributed by atoms with Crippen LogP contribution in [0.25, 0.3) is 15.3 Å². The summed E-state index contributed by atoms with van der Waals surface area (Å²) in [5, 5.41) is 7.91. The Labute approximate surface area is 159 Å².